The largest absolute Gasteiger partial charge is 0.352 e. The fraction of sp³-hybridized carbons (Fsp3) is 0.429. The molecule has 2 aromatic rings. The fourth-order valence-electron chi connectivity index (χ4n) is 3.83. The van der Waals surface area contributed by atoms with Crippen molar-refractivity contribution in [3.8, 4) is 0 Å². The monoisotopic (exact) mass is 383 g/mol. The Morgan fingerprint density at radius 1 is 1.19 bits per heavy atom. The van der Waals surface area contributed by atoms with Gasteiger partial charge in [0.1, 0.15) is 0 Å². The van der Waals surface area contributed by atoms with Crippen LogP contribution >= 0.6 is 11.3 Å². The summed E-state index contributed by atoms with van der Waals surface area (Å²) in [6.45, 7) is 5.98. The summed E-state index contributed by atoms with van der Waals surface area (Å²) in [5, 5.41) is 5.10. The molecular weight excluding hydrogens is 358 g/mol. The van der Waals surface area contributed by atoms with E-state index >= 15 is 0 Å². The van der Waals surface area contributed by atoms with Crippen molar-refractivity contribution in [1.29, 1.82) is 0 Å². The molecule has 2 saturated heterocycles. The van der Waals surface area contributed by atoms with Crippen LogP contribution in [0.5, 0.6) is 0 Å². The van der Waals surface area contributed by atoms with Crippen molar-refractivity contribution in [1.82, 2.24) is 15.1 Å². The smallest absolute Gasteiger partial charge is 0.225 e. The van der Waals surface area contributed by atoms with Gasteiger partial charge in [0.25, 0.3) is 0 Å². The summed E-state index contributed by atoms with van der Waals surface area (Å²) >= 11 is 1.79. The van der Waals surface area contributed by atoms with E-state index in [1.165, 1.54) is 10.4 Å². The lowest BCUT2D eigenvalue weighted by molar-refractivity contribution is -0.133. The van der Waals surface area contributed by atoms with Crippen LogP contribution in [0.1, 0.15) is 22.4 Å². The predicted octanol–water partition coefficient (Wildman–Crippen LogP) is 2.41. The first-order valence-corrected chi connectivity index (χ1v) is 10.3. The molecule has 0 spiro atoms. The number of nitrogens with zero attached hydrogens (tertiary/aromatic N) is 2. The van der Waals surface area contributed by atoms with Gasteiger partial charge in [0.2, 0.25) is 11.8 Å². The first-order chi connectivity index (χ1) is 13.1. The first-order valence-electron chi connectivity index (χ1n) is 9.46. The molecule has 2 aliphatic rings. The van der Waals surface area contributed by atoms with Gasteiger partial charge in [-0.3, -0.25) is 14.5 Å². The van der Waals surface area contributed by atoms with Crippen LogP contribution in [0.2, 0.25) is 0 Å². The molecule has 2 fully saturated rings. The zero-order chi connectivity index (χ0) is 18.8. The lowest BCUT2D eigenvalue weighted by Gasteiger charge is -2.44. The van der Waals surface area contributed by atoms with Crippen molar-refractivity contribution in [2.45, 2.75) is 32.5 Å². The van der Waals surface area contributed by atoms with Crippen LogP contribution < -0.4 is 5.32 Å². The maximum Gasteiger partial charge on any atom is 0.225 e. The standard InChI is InChI=1S/C21H25N3O2S/c1-15-7-8-27-19(15)14-23-12-18(13-23)24-11-17(9-20(24)25)21(26)22-10-16-5-3-2-4-6-16/h2-8,17-18H,9-14H2,1H3,(H,22,26). The van der Waals surface area contributed by atoms with Gasteiger partial charge in [-0.25, -0.2) is 0 Å². The molecule has 1 atom stereocenters. The molecule has 0 bridgehead atoms. The predicted molar refractivity (Wildman–Crippen MR) is 106 cm³/mol. The molecule has 142 valence electrons. The third-order valence-electron chi connectivity index (χ3n) is 5.55. The number of aryl methyl sites for hydroxylation is 1. The van der Waals surface area contributed by atoms with Crippen LogP contribution in [0.4, 0.5) is 0 Å². The average molecular weight is 384 g/mol. The second-order valence-electron chi connectivity index (χ2n) is 7.53. The highest BCUT2D eigenvalue weighted by Gasteiger charge is 2.42. The van der Waals surface area contributed by atoms with Gasteiger partial charge in [-0.2, -0.15) is 0 Å². The number of carbonyl (C=O) groups is 2. The third kappa shape index (κ3) is 4.06. The van der Waals surface area contributed by atoms with Gasteiger partial charge < -0.3 is 10.2 Å². The molecule has 3 heterocycles. The van der Waals surface area contributed by atoms with Crippen molar-refractivity contribution in [2.24, 2.45) is 5.92 Å². The van der Waals surface area contributed by atoms with E-state index in [9.17, 15) is 9.59 Å². The van der Waals surface area contributed by atoms with Crippen LogP contribution in [-0.2, 0) is 22.7 Å². The van der Waals surface area contributed by atoms with Crippen molar-refractivity contribution >= 4 is 23.2 Å². The summed E-state index contributed by atoms with van der Waals surface area (Å²) in [6, 6.07) is 12.3. The number of benzene rings is 1. The van der Waals surface area contributed by atoms with Crippen LogP contribution in [-0.4, -0.2) is 47.3 Å². The number of nitrogens with one attached hydrogen (secondary N) is 1. The maximum atomic E-state index is 12.5. The zero-order valence-corrected chi connectivity index (χ0v) is 16.4. The van der Waals surface area contributed by atoms with Crippen molar-refractivity contribution < 1.29 is 9.59 Å². The van der Waals surface area contributed by atoms with Gasteiger partial charge in [-0.05, 0) is 29.5 Å². The molecule has 1 aromatic heterocycles. The SMILES string of the molecule is Cc1ccsc1CN1CC(N2CC(C(=O)NCc3ccccc3)CC2=O)C1. The third-order valence-corrected chi connectivity index (χ3v) is 6.56. The van der Waals surface area contributed by atoms with Crippen LogP contribution in [0.25, 0.3) is 0 Å². The molecule has 0 saturated carbocycles. The van der Waals surface area contributed by atoms with Gasteiger partial charge in [0, 0.05) is 44.0 Å². The number of carbonyl (C=O) groups excluding carboxylic acids is 2. The second kappa shape index (κ2) is 7.82. The van der Waals surface area contributed by atoms with E-state index in [2.05, 4.69) is 28.6 Å². The van der Waals surface area contributed by atoms with Crippen molar-refractivity contribution in [3.05, 3.63) is 57.8 Å². The Morgan fingerprint density at radius 3 is 2.67 bits per heavy atom. The molecular formula is C21H25N3O2S. The maximum absolute atomic E-state index is 12.5. The number of amides is 2. The van der Waals surface area contributed by atoms with Gasteiger partial charge in [-0.15, -0.1) is 11.3 Å². The van der Waals surface area contributed by atoms with Crippen LogP contribution in [0.15, 0.2) is 41.8 Å². The normalized spacial score (nSPS) is 20.7. The Hall–Kier alpha value is -2.18. The Morgan fingerprint density at radius 2 is 1.96 bits per heavy atom. The number of likely N-dealkylation sites (tertiary alicyclic amines) is 2. The number of rotatable bonds is 6. The Kier molecular flexibility index (Phi) is 5.27. The summed E-state index contributed by atoms with van der Waals surface area (Å²) in [6.07, 6.45) is 0.334. The summed E-state index contributed by atoms with van der Waals surface area (Å²) in [5.41, 5.74) is 2.42. The number of hydrogen-bond donors (Lipinski definition) is 1. The molecule has 1 aromatic carbocycles. The Balaban J connectivity index is 1.25. The minimum Gasteiger partial charge on any atom is -0.352 e. The van der Waals surface area contributed by atoms with E-state index in [1.807, 2.05) is 35.2 Å². The average Bonchev–Trinajstić information content (AvgIpc) is 3.22. The van der Waals surface area contributed by atoms with Crippen molar-refractivity contribution in [2.75, 3.05) is 19.6 Å². The minimum absolute atomic E-state index is 0.0138. The topological polar surface area (TPSA) is 52.6 Å². The van der Waals surface area contributed by atoms with E-state index in [0.717, 1.165) is 25.2 Å². The highest BCUT2D eigenvalue weighted by Crippen LogP contribution is 2.27. The van der Waals surface area contributed by atoms with E-state index in [4.69, 9.17) is 0 Å². The van der Waals surface area contributed by atoms with Crippen LogP contribution in [0.3, 0.4) is 0 Å². The lowest BCUT2D eigenvalue weighted by atomic mass is 10.1. The summed E-state index contributed by atoms with van der Waals surface area (Å²) in [7, 11) is 0. The van der Waals surface area contributed by atoms with E-state index < -0.39 is 0 Å². The molecule has 0 radical (unpaired) electrons. The van der Waals surface area contributed by atoms with E-state index in [-0.39, 0.29) is 23.8 Å². The second-order valence-corrected chi connectivity index (χ2v) is 8.53. The van der Waals surface area contributed by atoms with Crippen LogP contribution in [0, 0.1) is 12.8 Å². The molecule has 1 N–H and O–H groups in total. The summed E-state index contributed by atoms with van der Waals surface area (Å²) in [4.78, 5) is 30.6. The highest BCUT2D eigenvalue weighted by atomic mass is 32.1. The molecule has 1 unspecified atom stereocenters. The molecule has 2 aliphatic heterocycles. The van der Waals surface area contributed by atoms with E-state index in [1.54, 1.807) is 11.3 Å². The van der Waals surface area contributed by atoms with Gasteiger partial charge in [-0.1, -0.05) is 30.3 Å². The Bertz CT molecular complexity index is 814. The Labute approximate surface area is 164 Å². The number of hydrogen-bond acceptors (Lipinski definition) is 4. The van der Waals surface area contributed by atoms with Gasteiger partial charge >= 0.3 is 0 Å². The lowest BCUT2D eigenvalue weighted by Crippen LogP contribution is -2.59. The summed E-state index contributed by atoms with van der Waals surface area (Å²) < 4.78 is 0. The fourth-order valence-corrected chi connectivity index (χ4v) is 4.78. The molecule has 0 aliphatic carbocycles. The molecule has 2 amide bonds. The molecule has 27 heavy (non-hydrogen) atoms. The van der Waals surface area contributed by atoms with Gasteiger partial charge in [0.15, 0.2) is 0 Å². The minimum atomic E-state index is -0.227. The first kappa shape index (κ1) is 18.2. The summed E-state index contributed by atoms with van der Waals surface area (Å²) in [5.74, 6) is -0.123. The van der Waals surface area contributed by atoms with Crippen molar-refractivity contribution in [3.63, 3.8) is 0 Å². The number of thiophene rings is 1. The molecule has 6 heteroatoms. The quantitative estimate of drug-likeness (QED) is 0.833. The highest BCUT2D eigenvalue weighted by molar-refractivity contribution is 7.10. The van der Waals surface area contributed by atoms with E-state index in [0.29, 0.717) is 19.5 Å². The molecule has 4 rings (SSSR count). The zero-order valence-electron chi connectivity index (χ0n) is 15.6. The molecule has 5 nitrogen and oxygen atoms in total. The van der Waals surface area contributed by atoms with Gasteiger partial charge in [0.05, 0.1) is 12.0 Å².